The minimum Gasteiger partial charge on any atom is -0.301 e. The van der Waals surface area contributed by atoms with E-state index in [1.807, 2.05) is 0 Å². The molecule has 9 heteroatoms. The zero-order valence-corrected chi connectivity index (χ0v) is 17.5. The Kier molecular flexibility index (Phi) is 5.88. The van der Waals surface area contributed by atoms with Gasteiger partial charge in [0, 0.05) is 11.6 Å². The number of anilines is 1. The van der Waals surface area contributed by atoms with Crippen molar-refractivity contribution in [3.8, 4) is 0 Å². The number of carbonyl (C=O) groups is 1. The summed E-state index contributed by atoms with van der Waals surface area (Å²) in [6.45, 7) is 0. The number of aromatic nitrogens is 1. The number of rotatable bonds is 7. The second-order valence-corrected chi connectivity index (χ2v) is 11.5. The summed E-state index contributed by atoms with van der Waals surface area (Å²) in [5.41, 5.74) is 0.707. The molecule has 3 aliphatic carbocycles. The van der Waals surface area contributed by atoms with Crippen LogP contribution >= 0.6 is 11.3 Å². The molecule has 5 atom stereocenters. The Morgan fingerprint density at radius 3 is 2.55 bits per heavy atom. The number of nitrogens with one attached hydrogen (secondary N) is 1. The molecule has 1 N–H and O–H groups in total. The van der Waals surface area contributed by atoms with E-state index in [-0.39, 0.29) is 29.9 Å². The van der Waals surface area contributed by atoms with Crippen LogP contribution in [0.25, 0.3) is 0 Å². The van der Waals surface area contributed by atoms with Gasteiger partial charge in [0.05, 0.1) is 16.4 Å². The molecule has 3 aliphatic rings. The van der Waals surface area contributed by atoms with Crippen molar-refractivity contribution in [3.63, 3.8) is 0 Å². The van der Waals surface area contributed by atoms with E-state index in [4.69, 9.17) is 0 Å². The van der Waals surface area contributed by atoms with Crippen LogP contribution in [0.4, 0.5) is 13.9 Å². The quantitative estimate of drug-likeness (QED) is 0.692. The topological polar surface area (TPSA) is 76.1 Å². The van der Waals surface area contributed by atoms with Crippen LogP contribution in [0.5, 0.6) is 0 Å². The summed E-state index contributed by atoms with van der Waals surface area (Å²) in [6, 6.07) is 0. The summed E-state index contributed by atoms with van der Waals surface area (Å²) in [5.74, 6) is -1.10. The van der Waals surface area contributed by atoms with Gasteiger partial charge >= 0.3 is 0 Å². The number of alkyl halides is 2. The third-order valence-corrected chi connectivity index (χ3v) is 9.24. The average molecular weight is 443 g/mol. The first-order valence-electron chi connectivity index (χ1n) is 9.94. The number of allylic oxidation sites excluding steroid dienone is 2. The van der Waals surface area contributed by atoms with E-state index in [0.717, 1.165) is 12.8 Å². The third-order valence-electron chi connectivity index (χ3n) is 5.96. The zero-order chi connectivity index (χ0) is 20.6. The summed E-state index contributed by atoms with van der Waals surface area (Å²) in [4.78, 5) is 17.0. The predicted molar refractivity (Wildman–Crippen MR) is 109 cm³/mol. The maximum Gasteiger partial charge on any atom is 0.233 e. The Balaban J connectivity index is 1.49. The highest BCUT2D eigenvalue weighted by molar-refractivity contribution is 7.93. The molecular formula is C20H24F2N2O3S2. The van der Waals surface area contributed by atoms with Crippen LogP contribution < -0.4 is 5.32 Å². The Hall–Kier alpha value is -1.61. The second kappa shape index (κ2) is 8.26. The molecule has 0 aliphatic heterocycles. The summed E-state index contributed by atoms with van der Waals surface area (Å²) >= 11 is 1.29. The summed E-state index contributed by atoms with van der Waals surface area (Å²) in [6.07, 6.45) is 6.10. The van der Waals surface area contributed by atoms with Crippen molar-refractivity contribution >= 4 is 32.2 Å². The Morgan fingerprint density at radius 2 is 2.00 bits per heavy atom. The van der Waals surface area contributed by atoms with E-state index in [0.29, 0.717) is 23.5 Å². The first kappa shape index (κ1) is 20.7. The molecule has 158 valence electrons. The molecular weight excluding hydrogens is 418 g/mol. The van der Waals surface area contributed by atoms with Gasteiger partial charge in [-0.2, -0.15) is 0 Å². The van der Waals surface area contributed by atoms with Crippen molar-refractivity contribution in [2.75, 3.05) is 5.32 Å². The molecule has 1 heterocycles. The number of nitrogens with zero attached hydrogens (tertiary/aromatic N) is 1. The fourth-order valence-corrected chi connectivity index (χ4v) is 6.67. The SMILES string of the molecule is O=C(Nc1nccs1)C(CC1C[C@@H](F)[C@@H](F)C1)C1=CCC(S(=O)(=O)C2CC2)C=C1. The fraction of sp³-hybridized carbons (Fsp3) is 0.600. The number of sulfone groups is 1. The van der Waals surface area contributed by atoms with Crippen molar-refractivity contribution in [3.05, 3.63) is 35.4 Å². The molecule has 1 amide bonds. The van der Waals surface area contributed by atoms with E-state index in [1.165, 1.54) is 11.3 Å². The number of hydrogen-bond donors (Lipinski definition) is 1. The summed E-state index contributed by atoms with van der Waals surface area (Å²) < 4.78 is 52.2. The van der Waals surface area contributed by atoms with Crippen LogP contribution in [0.1, 0.15) is 38.5 Å². The maximum atomic E-state index is 13.7. The predicted octanol–water partition coefficient (Wildman–Crippen LogP) is 4.01. The number of thiazole rings is 1. The van der Waals surface area contributed by atoms with E-state index in [1.54, 1.807) is 29.8 Å². The van der Waals surface area contributed by atoms with Crippen LogP contribution in [0.3, 0.4) is 0 Å². The second-order valence-electron chi connectivity index (χ2n) is 8.11. The Labute approximate surface area is 173 Å². The molecule has 1 aromatic heterocycles. The van der Waals surface area contributed by atoms with Gasteiger partial charge in [0.1, 0.15) is 12.3 Å². The Morgan fingerprint density at radius 1 is 1.28 bits per heavy atom. The van der Waals surface area contributed by atoms with Crippen LogP contribution in [-0.4, -0.2) is 42.2 Å². The first-order chi connectivity index (χ1) is 13.8. The van der Waals surface area contributed by atoms with Gasteiger partial charge in [-0.3, -0.25) is 4.79 Å². The van der Waals surface area contributed by atoms with Crippen molar-refractivity contribution in [2.24, 2.45) is 11.8 Å². The molecule has 2 fully saturated rings. The molecule has 0 radical (unpaired) electrons. The molecule has 5 nitrogen and oxygen atoms in total. The highest BCUT2D eigenvalue weighted by Crippen LogP contribution is 2.39. The van der Waals surface area contributed by atoms with E-state index >= 15 is 0 Å². The van der Waals surface area contributed by atoms with Crippen LogP contribution in [0.2, 0.25) is 0 Å². The van der Waals surface area contributed by atoms with Gasteiger partial charge in [0.15, 0.2) is 15.0 Å². The number of carbonyl (C=O) groups excluding carboxylic acids is 1. The van der Waals surface area contributed by atoms with Gasteiger partial charge in [-0.25, -0.2) is 22.2 Å². The van der Waals surface area contributed by atoms with Crippen molar-refractivity contribution in [2.45, 2.75) is 61.4 Å². The molecule has 0 spiro atoms. The molecule has 3 unspecified atom stereocenters. The van der Waals surface area contributed by atoms with E-state index in [9.17, 15) is 22.0 Å². The maximum absolute atomic E-state index is 13.7. The molecule has 2 saturated carbocycles. The lowest BCUT2D eigenvalue weighted by Gasteiger charge is -2.24. The van der Waals surface area contributed by atoms with E-state index < -0.39 is 33.3 Å². The van der Waals surface area contributed by atoms with Crippen molar-refractivity contribution in [1.29, 1.82) is 0 Å². The highest BCUT2D eigenvalue weighted by Gasteiger charge is 2.41. The lowest BCUT2D eigenvalue weighted by molar-refractivity contribution is -0.119. The number of amides is 1. The first-order valence-corrected chi connectivity index (χ1v) is 12.4. The van der Waals surface area contributed by atoms with Crippen LogP contribution in [0, 0.1) is 11.8 Å². The Bertz CT molecular complexity index is 900. The van der Waals surface area contributed by atoms with Crippen molar-refractivity contribution in [1.82, 2.24) is 4.98 Å². The lowest BCUT2D eigenvalue weighted by Crippen LogP contribution is -2.29. The normalized spacial score (nSPS) is 30.8. The largest absolute Gasteiger partial charge is 0.301 e. The van der Waals surface area contributed by atoms with Crippen LogP contribution in [-0.2, 0) is 14.6 Å². The molecule has 0 bridgehead atoms. The molecule has 4 rings (SSSR count). The minimum atomic E-state index is -3.18. The van der Waals surface area contributed by atoms with Gasteiger partial charge < -0.3 is 5.32 Å². The van der Waals surface area contributed by atoms with Gasteiger partial charge in [0.2, 0.25) is 5.91 Å². The van der Waals surface area contributed by atoms with Gasteiger partial charge in [-0.15, -0.1) is 11.3 Å². The van der Waals surface area contributed by atoms with Gasteiger partial charge in [-0.05, 0) is 50.0 Å². The standard InChI is InChI=1S/C20H24F2N2O3S2/c21-17-10-12(11-18(17)22)9-16(19(25)24-20-23-7-8-28-20)13-1-3-14(4-2-13)29(26,27)15-5-6-15/h1-3,7-8,12,14-18H,4-6,9-11H2,(H,23,24,25)/t12?,14?,16?,17-,18+. The molecule has 0 aromatic carbocycles. The molecule has 29 heavy (non-hydrogen) atoms. The highest BCUT2D eigenvalue weighted by atomic mass is 32.2. The zero-order valence-electron chi connectivity index (χ0n) is 15.8. The third kappa shape index (κ3) is 4.60. The van der Waals surface area contributed by atoms with Crippen molar-refractivity contribution < 1.29 is 22.0 Å². The monoisotopic (exact) mass is 442 g/mol. The van der Waals surface area contributed by atoms with Gasteiger partial charge in [0.25, 0.3) is 0 Å². The number of halogens is 2. The summed E-state index contributed by atoms with van der Waals surface area (Å²) in [7, 11) is -3.18. The number of hydrogen-bond acceptors (Lipinski definition) is 5. The van der Waals surface area contributed by atoms with Crippen LogP contribution in [0.15, 0.2) is 35.4 Å². The lowest BCUT2D eigenvalue weighted by atomic mass is 9.84. The minimum absolute atomic E-state index is 0.109. The smallest absolute Gasteiger partial charge is 0.233 e. The molecule has 0 saturated heterocycles. The average Bonchev–Trinajstić information content (AvgIpc) is 3.36. The van der Waals surface area contributed by atoms with E-state index in [2.05, 4.69) is 10.3 Å². The summed E-state index contributed by atoms with van der Waals surface area (Å²) in [5, 5.41) is 4.19. The molecule has 1 aromatic rings. The van der Waals surface area contributed by atoms with Gasteiger partial charge in [-0.1, -0.05) is 18.2 Å². The fourth-order valence-electron chi connectivity index (χ4n) is 4.19.